The molecule has 2 amide bonds. The number of nitrogens with zero attached hydrogens (tertiary/aromatic N) is 1. The van der Waals surface area contributed by atoms with Gasteiger partial charge in [-0.05, 0) is 31.2 Å². The Kier molecular flexibility index (Phi) is 3.46. The number of aromatic nitrogens is 1. The van der Waals surface area contributed by atoms with Crippen LogP contribution >= 0.6 is 0 Å². The molecule has 0 unspecified atom stereocenters. The van der Waals surface area contributed by atoms with E-state index < -0.39 is 12.0 Å². The minimum atomic E-state index is -1.02. The van der Waals surface area contributed by atoms with Crippen LogP contribution in [0.4, 0.5) is 16.3 Å². The maximum atomic E-state index is 11.6. The smallest absolute Gasteiger partial charge is 0.335 e. The Labute approximate surface area is 108 Å². The molecule has 0 radical (unpaired) electrons. The molecule has 0 atom stereocenters. The number of amides is 2. The van der Waals surface area contributed by atoms with E-state index >= 15 is 0 Å². The van der Waals surface area contributed by atoms with E-state index in [1.54, 1.807) is 13.0 Å². The molecular weight excluding hydrogens is 250 g/mol. The predicted molar refractivity (Wildman–Crippen MR) is 67.3 cm³/mol. The fraction of sp³-hybridized carbons (Fsp3) is 0.0833. The van der Waals surface area contributed by atoms with Crippen molar-refractivity contribution in [1.82, 2.24) is 5.16 Å². The monoisotopic (exact) mass is 261 g/mol. The van der Waals surface area contributed by atoms with Crippen LogP contribution in [0, 0.1) is 6.92 Å². The molecule has 0 saturated heterocycles. The molecule has 3 N–H and O–H groups in total. The van der Waals surface area contributed by atoms with Gasteiger partial charge in [0, 0.05) is 11.8 Å². The van der Waals surface area contributed by atoms with Gasteiger partial charge in [-0.25, -0.2) is 9.59 Å². The molecule has 0 spiro atoms. The van der Waals surface area contributed by atoms with Gasteiger partial charge in [0.05, 0.1) is 5.56 Å². The summed E-state index contributed by atoms with van der Waals surface area (Å²) in [7, 11) is 0. The van der Waals surface area contributed by atoms with Crippen LogP contribution in [0.2, 0.25) is 0 Å². The summed E-state index contributed by atoms with van der Waals surface area (Å²) in [6, 6.07) is 6.88. The average Bonchev–Trinajstić information content (AvgIpc) is 2.75. The summed E-state index contributed by atoms with van der Waals surface area (Å²) in [6.45, 7) is 1.71. The summed E-state index contributed by atoms with van der Waals surface area (Å²) < 4.78 is 4.80. The number of urea groups is 1. The van der Waals surface area contributed by atoms with Gasteiger partial charge in [0.1, 0.15) is 5.76 Å². The Morgan fingerprint density at radius 1 is 1.21 bits per heavy atom. The molecule has 19 heavy (non-hydrogen) atoms. The van der Waals surface area contributed by atoms with Crippen molar-refractivity contribution in [3.63, 3.8) is 0 Å². The number of hydrogen-bond acceptors (Lipinski definition) is 4. The van der Waals surface area contributed by atoms with Crippen molar-refractivity contribution in [2.45, 2.75) is 6.92 Å². The number of rotatable bonds is 3. The molecule has 0 aliphatic carbocycles. The van der Waals surface area contributed by atoms with E-state index in [1.165, 1.54) is 24.3 Å². The highest BCUT2D eigenvalue weighted by molar-refractivity contribution is 5.99. The summed E-state index contributed by atoms with van der Waals surface area (Å²) in [5.74, 6) is -0.132. The van der Waals surface area contributed by atoms with E-state index in [1.807, 2.05) is 0 Å². The molecule has 2 aromatic rings. The highest BCUT2D eigenvalue weighted by atomic mass is 16.5. The highest BCUT2D eigenvalue weighted by Gasteiger charge is 2.07. The van der Waals surface area contributed by atoms with Crippen LogP contribution in [0.1, 0.15) is 16.1 Å². The minimum absolute atomic E-state index is 0.151. The lowest BCUT2D eigenvalue weighted by molar-refractivity contribution is 0.0697. The molecule has 2 rings (SSSR count). The minimum Gasteiger partial charge on any atom is -0.478 e. The lowest BCUT2D eigenvalue weighted by Gasteiger charge is -2.05. The summed E-state index contributed by atoms with van der Waals surface area (Å²) in [4.78, 5) is 22.2. The summed E-state index contributed by atoms with van der Waals surface area (Å²) >= 11 is 0. The second-order valence-electron chi connectivity index (χ2n) is 3.78. The Hall–Kier alpha value is -2.83. The Balaban J connectivity index is 1.97. The van der Waals surface area contributed by atoms with Gasteiger partial charge in [-0.15, -0.1) is 0 Å². The summed E-state index contributed by atoms with van der Waals surface area (Å²) in [5.41, 5.74) is 0.626. The second-order valence-corrected chi connectivity index (χ2v) is 3.78. The third kappa shape index (κ3) is 3.32. The largest absolute Gasteiger partial charge is 0.478 e. The van der Waals surface area contributed by atoms with Crippen molar-refractivity contribution >= 4 is 23.5 Å². The van der Waals surface area contributed by atoms with Gasteiger partial charge in [0.2, 0.25) is 0 Å². The van der Waals surface area contributed by atoms with Crippen molar-refractivity contribution in [3.8, 4) is 0 Å². The number of carbonyl (C=O) groups is 2. The van der Waals surface area contributed by atoms with Gasteiger partial charge in [-0.2, -0.15) is 0 Å². The third-order valence-corrected chi connectivity index (χ3v) is 2.26. The van der Waals surface area contributed by atoms with Gasteiger partial charge >= 0.3 is 12.0 Å². The first-order valence-electron chi connectivity index (χ1n) is 5.39. The molecule has 7 nitrogen and oxygen atoms in total. The van der Waals surface area contributed by atoms with Crippen LogP contribution in [-0.4, -0.2) is 22.3 Å². The Bertz CT molecular complexity index is 604. The number of carbonyl (C=O) groups excluding carboxylic acids is 1. The third-order valence-electron chi connectivity index (χ3n) is 2.26. The van der Waals surface area contributed by atoms with Crippen molar-refractivity contribution in [2.24, 2.45) is 0 Å². The molecular formula is C12H11N3O4. The van der Waals surface area contributed by atoms with Gasteiger partial charge in [-0.3, -0.25) is 5.32 Å². The van der Waals surface area contributed by atoms with Gasteiger partial charge in [0.25, 0.3) is 0 Å². The fourth-order valence-electron chi connectivity index (χ4n) is 1.40. The number of nitrogens with one attached hydrogen (secondary N) is 2. The normalized spacial score (nSPS) is 9.95. The molecule has 0 saturated carbocycles. The van der Waals surface area contributed by atoms with Crippen LogP contribution in [0.3, 0.4) is 0 Å². The quantitative estimate of drug-likeness (QED) is 0.786. The highest BCUT2D eigenvalue weighted by Crippen LogP contribution is 2.11. The van der Waals surface area contributed by atoms with Gasteiger partial charge in [-0.1, -0.05) is 5.16 Å². The Morgan fingerprint density at radius 3 is 2.42 bits per heavy atom. The molecule has 0 bridgehead atoms. The zero-order valence-electron chi connectivity index (χ0n) is 10.0. The van der Waals surface area contributed by atoms with Crippen LogP contribution in [-0.2, 0) is 0 Å². The number of carboxylic acids is 1. The first kappa shape index (κ1) is 12.6. The van der Waals surface area contributed by atoms with Crippen LogP contribution in [0.5, 0.6) is 0 Å². The number of benzene rings is 1. The predicted octanol–water partition coefficient (Wildman–Crippen LogP) is 2.33. The van der Waals surface area contributed by atoms with Crippen LogP contribution < -0.4 is 10.6 Å². The van der Waals surface area contributed by atoms with Crippen molar-refractivity contribution in [3.05, 3.63) is 41.7 Å². The lowest BCUT2D eigenvalue weighted by atomic mass is 10.2. The van der Waals surface area contributed by atoms with Gasteiger partial charge < -0.3 is 14.9 Å². The standard InChI is InChI=1S/C12H11N3O4/c1-7-6-10(15-19-7)14-12(18)13-9-4-2-8(3-5-9)11(16)17/h2-6H,1H3,(H,16,17)(H2,13,14,15,18). The number of hydrogen-bond donors (Lipinski definition) is 3. The zero-order valence-corrected chi connectivity index (χ0v) is 10.0. The Morgan fingerprint density at radius 2 is 1.89 bits per heavy atom. The van der Waals surface area contributed by atoms with E-state index in [4.69, 9.17) is 9.63 Å². The summed E-state index contributed by atoms with van der Waals surface area (Å²) in [6.07, 6.45) is 0. The topological polar surface area (TPSA) is 104 Å². The molecule has 1 aromatic carbocycles. The van der Waals surface area contributed by atoms with Crippen molar-refractivity contribution < 1.29 is 19.2 Å². The van der Waals surface area contributed by atoms with Crippen molar-refractivity contribution in [2.75, 3.05) is 10.6 Å². The maximum absolute atomic E-state index is 11.6. The SMILES string of the molecule is Cc1cc(NC(=O)Nc2ccc(C(=O)O)cc2)no1. The molecule has 7 heteroatoms. The first-order chi connectivity index (χ1) is 9.04. The molecule has 0 aliphatic heterocycles. The average molecular weight is 261 g/mol. The first-order valence-corrected chi connectivity index (χ1v) is 5.39. The summed E-state index contributed by atoms with van der Waals surface area (Å²) in [5, 5.41) is 17.4. The zero-order chi connectivity index (χ0) is 13.8. The van der Waals surface area contributed by atoms with Crippen LogP contribution in [0.15, 0.2) is 34.9 Å². The van der Waals surface area contributed by atoms with Crippen LogP contribution in [0.25, 0.3) is 0 Å². The van der Waals surface area contributed by atoms with E-state index in [9.17, 15) is 9.59 Å². The number of anilines is 2. The molecule has 1 heterocycles. The molecule has 0 fully saturated rings. The van der Waals surface area contributed by atoms with E-state index in [0.29, 0.717) is 17.3 Å². The number of aromatic carboxylic acids is 1. The second kappa shape index (κ2) is 5.21. The molecule has 1 aromatic heterocycles. The number of aryl methyl sites for hydroxylation is 1. The lowest BCUT2D eigenvalue weighted by Crippen LogP contribution is -2.19. The fourth-order valence-corrected chi connectivity index (χ4v) is 1.40. The molecule has 0 aliphatic rings. The number of carboxylic acid groups (broad SMARTS) is 1. The molecule has 98 valence electrons. The van der Waals surface area contributed by atoms with E-state index in [0.717, 1.165) is 0 Å². The van der Waals surface area contributed by atoms with E-state index in [2.05, 4.69) is 15.8 Å². The van der Waals surface area contributed by atoms with Crippen molar-refractivity contribution in [1.29, 1.82) is 0 Å². The maximum Gasteiger partial charge on any atom is 0.335 e. The van der Waals surface area contributed by atoms with E-state index in [-0.39, 0.29) is 5.56 Å². The van der Waals surface area contributed by atoms with Gasteiger partial charge in [0.15, 0.2) is 5.82 Å².